The van der Waals surface area contributed by atoms with Crippen molar-refractivity contribution >= 4 is 45.8 Å². The van der Waals surface area contributed by atoms with E-state index in [0.29, 0.717) is 42.8 Å². The number of carbonyl (C=O) groups excluding carboxylic acids is 1. The topological polar surface area (TPSA) is 101 Å². The molecule has 13 heteroatoms. The predicted octanol–water partition coefficient (Wildman–Crippen LogP) is 6.71. The maximum absolute atomic E-state index is 14.2. The lowest BCUT2D eigenvalue weighted by molar-refractivity contribution is -0.100. The lowest BCUT2D eigenvalue weighted by atomic mass is 9.63. The highest BCUT2D eigenvalue weighted by Gasteiger charge is 2.50. The van der Waals surface area contributed by atoms with Gasteiger partial charge < -0.3 is 19.1 Å². The van der Waals surface area contributed by atoms with E-state index >= 15 is 0 Å². The molecule has 2 aromatic carbocycles. The van der Waals surface area contributed by atoms with Crippen molar-refractivity contribution in [3.8, 4) is 5.75 Å². The Kier molecular flexibility index (Phi) is 12.6. The van der Waals surface area contributed by atoms with Crippen molar-refractivity contribution < 1.29 is 27.4 Å². The molecule has 4 heterocycles. The number of halogens is 1. The van der Waals surface area contributed by atoms with Crippen LogP contribution in [0, 0.1) is 17.8 Å². The fraction of sp³-hybridized carbons (Fsp3) is 0.659. The van der Waals surface area contributed by atoms with Crippen LogP contribution in [-0.2, 0) is 31.3 Å². The summed E-state index contributed by atoms with van der Waals surface area (Å²) in [6.45, 7) is 9.31. The second-order valence-electron chi connectivity index (χ2n) is 17.8. The highest BCUT2D eigenvalue weighted by Crippen LogP contribution is 2.49. The van der Waals surface area contributed by atoms with E-state index in [1.54, 1.807) is 6.07 Å². The number of amides is 1. The lowest BCUT2D eigenvalue weighted by Crippen LogP contribution is -2.61. The summed E-state index contributed by atoms with van der Waals surface area (Å²) in [5, 5.41) is -0.108. The van der Waals surface area contributed by atoms with Crippen molar-refractivity contribution in [3.63, 3.8) is 0 Å². The lowest BCUT2D eigenvalue weighted by Gasteiger charge is -2.53. The number of piperazine rings is 1. The minimum atomic E-state index is -4.09. The van der Waals surface area contributed by atoms with E-state index in [1.807, 2.05) is 32.2 Å². The summed E-state index contributed by atoms with van der Waals surface area (Å²) < 4.78 is 49.9. The zero-order chi connectivity index (χ0) is 39.8. The molecule has 2 bridgehead atoms. The van der Waals surface area contributed by atoms with Crippen LogP contribution >= 0.6 is 24.2 Å². The highest BCUT2D eigenvalue weighted by atomic mass is 35.5. The molecule has 4 aliphatic heterocycles. The standard InChI is InChI=1S/C44H61ClN4O6S2/c1-31-7-5-18-44(53-2,28-47-20-21-48-19-4-3-9-36(48)26-47)38-13-10-34(38)25-49-27-43(17-6-8-32-23-35(45)12-14-37(32)43)29-55-40-15-11-33(24-39(40)49)42(50)46-57(51,52)41(31)16-22-54-30-56/h5,11-12,14-15,18,23-24,31,34,36,38,41,56H,3-4,6-10,13,16-17,19-22,25-30H2,1-2H3,(H,46,50)/b18-5+/t31-,34-,36+,38+,41+,43-,44-/m0/s1. The first kappa shape index (κ1) is 41.4. The molecule has 57 heavy (non-hydrogen) atoms. The zero-order valence-electron chi connectivity index (χ0n) is 33.7. The van der Waals surface area contributed by atoms with Crippen LogP contribution in [0.4, 0.5) is 5.69 Å². The van der Waals surface area contributed by atoms with Crippen molar-refractivity contribution in [1.29, 1.82) is 0 Å². The Hall–Kier alpha value is -2.32. The first-order valence-corrected chi connectivity index (χ1v) is 23.8. The molecule has 3 fully saturated rings. The number of nitrogens with zero attached hydrogens (tertiary/aromatic N) is 3. The molecule has 2 aromatic rings. The molecule has 0 aromatic heterocycles. The van der Waals surface area contributed by atoms with Gasteiger partial charge in [0.1, 0.15) is 11.4 Å². The second kappa shape index (κ2) is 17.3. The Morgan fingerprint density at radius 3 is 2.74 bits per heavy atom. The van der Waals surface area contributed by atoms with E-state index in [2.05, 4.69) is 56.3 Å². The molecule has 0 radical (unpaired) electrons. The number of aryl methyl sites for hydroxylation is 1. The molecule has 1 amide bonds. The third-order valence-corrected chi connectivity index (χ3v) is 16.8. The van der Waals surface area contributed by atoms with Crippen molar-refractivity contribution in [2.45, 2.75) is 93.4 Å². The Labute approximate surface area is 350 Å². The van der Waals surface area contributed by atoms with Gasteiger partial charge in [-0.05, 0) is 124 Å². The van der Waals surface area contributed by atoms with Crippen molar-refractivity contribution in [2.75, 3.05) is 77.0 Å². The SMILES string of the molecule is CO[C@]1(CN2CCN3CCCC[C@@H]3C2)/C=C/C[C@H](C)[C@@H](CCOCS)S(=O)(=O)NC(=O)c2ccc3c(c2)N(C[C@@H]2CC[C@H]21)C[C@@]1(CCCc2cc(Cl)ccc21)CO3. The number of ether oxygens (including phenoxy) is 3. The van der Waals surface area contributed by atoms with Gasteiger partial charge in [-0.15, -0.1) is 0 Å². The van der Waals surface area contributed by atoms with Gasteiger partial charge in [0.25, 0.3) is 5.91 Å². The van der Waals surface area contributed by atoms with E-state index in [4.69, 9.17) is 25.8 Å². The first-order valence-electron chi connectivity index (χ1n) is 21.3. The maximum Gasteiger partial charge on any atom is 0.264 e. The molecule has 10 nitrogen and oxygen atoms in total. The van der Waals surface area contributed by atoms with Crippen molar-refractivity contribution in [2.24, 2.45) is 17.8 Å². The zero-order valence-corrected chi connectivity index (χ0v) is 36.1. The molecule has 2 aliphatic carbocycles. The largest absolute Gasteiger partial charge is 0.490 e. The van der Waals surface area contributed by atoms with Gasteiger partial charge in [0.05, 0.1) is 23.5 Å². The monoisotopic (exact) mass is 840 g/mol. The Balaban J connectivity index is 1.19. The van der Waals surface area contributed by atoms with Crippen LogP contribution in [0.2, 0.25) is 5.02 Å². The molecule has 8 rings (SSSR count). The van der Waals surface area contributed by atoms with E-state index < -0.39 is 26.8 Å². The van der Waals surface area contributed by atoms with Crippen LogP contribution < -0.4 is 14.4 Å². The van der Waals surface area contributed by atoms with Gasteiger partial charge in [-0.3, -0.25) is 14.6 Å². The molecule has 1 spiro atoms. The molecule has 7 atom stereocenters. The third-order valence-electron chi connectivity index (χ3n) is 14.4. The predicted molar refractivity (Wildman–Crippen MR) is 229 cm³/mol. The number of sulfonamides is 1. The third kappa shape index (κ3) is 8.53. The summed E-state index contributed by atoms with van der Waals surface area (Å²) in [4.78, 5) is 21.7. The fourth-order valence-electron chi connectivity index (χ4n) is 11.2. The van der Waals surface area contributed by atoms with Crippen LogP contribution in [0.15, 0.2) is 48.6 Å². The van der Waals surface area contributed by atoms with Crippen molar-refractivity contribution in [1.82, 2.24) is 14.5 Å². The van der Waals surface area contributed by atoms with Crippen molar-refractivity contribution in [3.05, 3.63) is 70.3 Å². The van der Waals surface area contributed by atoms with E-state index in [-0.39, 0.29) is 36.2 Å². The number of piperidine rings is 1. The quantitative estimate of drug-likeness (QED) is 0.137. The number of hydrogen-bond acceptors (Lipinski definition) is 10. The van der Waals surface area contributed by atoms with Gasteiger partial charge in [-0.1, -0.05) is 43.2 Å². The summed E-state index contributed by atoms with van der Waals surface area (Å²) in [7, 11) is -2.22. The van der Waals surface area contributed by atoms with E-state index in [9.17, 15) is 13.2 Å². The number of thiol groups is 1. The van der Waals surface area contributed by atoms with Gasteiger partial charge in [-0.2, -0.15) is 12.6 Å². The molecule has 0 unspecified atom stereocenters. The Morgan fingerprint density at radius 1 is 1.05 bits per heavy atom. The van der Waals surface area contributed by atoms with Gasteiger partial charge in [0, 0.05) is 75.0 Å². The molecule has 1 saturated carbocycles. The number of methoxy groups -OCH3 is 1. The van der Waals surface area contributed by atoms with Gasteiger partial charge in [0.2, 0.25) is 10.0 Å². The number of benzene rings is 2. The average molecular weight is 842 g/mol. The second-order valence-corrected chi connectivity index (χ2v) is 20.4. The van der Waals surface area contributed by atoms with Crippen LogP contribution in [0.25, 0.3) is 0 Å². The number of nitrogens with one attached hydrogen (secondary N) is 1. The minimum absolute atomic E-state index is 0.190. The van der Waals surface area contributed by atoms with Crippen LogP contribution in [0.1, 0.15) is 86.2 Å². The van der Waals surface area contributed by atoms with Gasteiger partial charge >= 0.3 is 0 Å². The average Bonchev–Trinajstić information content (AvgIpc) is 3.33. The Morgan fingerprint density at radius 2 is 1.93 bits per heavy atom. The van der Waals surface area contributed by atoms with Gasteiger partial charge in [0.15, 0.2) is 0 Å². The smallest absolute Gasteiger partial charge is 0.264 e. The Bertz CT molecular complexity index is 1920. The van der Waals surface area contributed by atoms with Crippen LogP contribution in [-0.4, -0.2) is 113 Å². The summed E-state index contributed by atoms with van der Waals surface area (Å²) in [5.41, 5.74) is 2.85. The van der Waals surface area contributed by atoms with Crippen LogP contribution in [0.3, 0.4) is 0 Å². The van der Waals surface area contributed by atoms with Gasteiger partial charge in [-0.25, -0.2) is 13.1 Å². The first-order chi connectivity index (χ1) is 27.5. The fourth-order valence-corrected chi connectivity index (χ4v) is 13.1. The summed E-state index contributed by atoms with van der Waals surface area (Å²) >= 11 is 10.7. The normalized spacial score (nSPS) is 33.8. The van der Waals surface area contributed by atoms with E-state index in [0.717, 1.165) is 75.5 Å². The number of fused-ring (bicyclic) bond motifs is 5. The molecular formula is C44H61ClN4O6S2. The minimum Gasteiger partial charge on any atom is -0.490 e. The maximum atomic E-state index is 14.2. The molecular weight excluding hydrogens is 780 g/mol. The summed E-state index contributed by atoms with van der Waals surface area (Å²) in [5.74, 6) is 0.556. The molecule has 2 saturated heterocycles. The summed E-state index contributed by atoms with van der Waals surface area (Å²) in [6, 6.07) is 12.3. The number of rotatable bonds is 7. The number of carbonyl (C=O) groups is 1. The molecule has 6 aliphatic rings. The molecule has 312 valence electrons. The number of hydrogen-bond donors (Lipinski definition) is 2. The summed E-state index contributed by atoms with van der Waals surface area (Å²) in [6.07, 6.45) is 14.1. The van der Waals surface area contributed by atoms with E-state index in [1.165, 1.54) is 36.9 Å². The highest BCUT2D eigenvalue weighted by molar-refractivity contribution is 7.90. The number of allylic oxidation sites excluding steroid dienone is 1. The number of anilines is 1. The molecule has 1 N–H and O–H groups in total. The van der Waals surface area contributed by atoms with Crippen LogP contribution in [0.5, 0.6) is 5.75 Å².